The molecule has 0 aliphatic heterocycles. The van der Waals surface area contributed by atoms with Crippen LogP contribution in [0.15, 0.2) is 0 Å². The average molecular weight is 351 g/mol. The van der Waals surface area contributed by atoms with E-state index < -0.39 is 0 Å². The maximum atomic E-state index is 3.92. The van der Waals surface area contributed by atoms with Gasteiger partial charge in [-0.05, 0) is 24.7 Å². The van der Waals surface area contributed by atoms with Crippen LogP contribution in [0.3, 0.4) is 0 Å². The van der Waals surface area contributed by atoms with E-state index in [0.29, 0.717) is 0 Å². The summed E-state index contributed by atoms with van der Waals surface area (Å²) in [6, 6.07) is 0. The molecule has 2 atom stereocenters. The van der Waals surface area contributed by atoms with Crippen molar-refractivity contribution in [3.8, 4) is 0 Å². The van der Waals surface area contributed by atoms with Crippen molar-refractivity contribution in [1.82, 2.24) is 0 Å². The monoisotopic (exact) mass is 350 g/mol. The average Bonchev–Trinajstić information content (AvgIpc) is 2.60. The molecular formula is C25H50. The zero-order chi connectivity index (χ0) is 18.6. The highest BCUT2D eigenvalue weighted by Gasteiger charge is 2.04. The van der Waals surface area contributed by atoms with E-state index in [0.717, 1.165) is 18.3 Å². The van der Waals surface area contributed by atoms with Gasteiger partial charge in [-0.3, -0.25) is 0 Å². The molecule has 0 aliphatic rings. The largest absolute Gasteiger partial charge is 0.0654 e. The van der Waals surface area contributed by atoms with E-state index in [1.807, 2.05) is 0 Å². The number of unbranched alkanes of at least 4 members (excludes halogenated alkanes) is 12. The third kappa shape index (κ3) is 20.2. The molecule has 0 N–H and O–H groups in total. The summed E-state index contributed by atoms with van der Waals surface area (Å²) in [5.41, 5.74) is 0. The third-order valence-electron chi connectivity index (χ3n) is 5.67. The van der Waals surface area contributed by atoms with Gasteiger partial charge in [0, 0.05) is 0 Å². The molecule has 0 amide bonds. The maximum Gasteiger partial charge on any atom is -0.0383 e. The fraction of sp³-hybridized carbons (Fsp3) is 0.920. The minimum atomic E-state index is 0.897. The summed E-state index contributed by atoms with van der Waals surface area (Å²) >= 11 is 0. The Morgan fingerprint density at radius 2 is 1.16 bits per heavy atom. The van der Waals surface area contributed by atoms with Crippen LogP contribution in [-0.2, 0) is 0 Å². The highest BCUT2D eigenvalue weighted by Crippen LogP contribution is 2.20. The smallest absolute Gasteiger partial charge is 0.0383 e. The van der Waals surface area contributed by atoms with Crippen LogP contribution in [0.1, 0.15) is 136 Å². The first-order chi connectivity index (χ1) is 12.2. The van der Waals surface area contributed by atoms with E-state index in [-0.39, 0.29) is 0 Å². The van der Waals surface area contributed by atoms with Crippen LogP contribution < -0.4 is 0 Å². The second kappa shape index (κ2) is 20.3. The molecule has 2 unspecified atom stereocenters. The van der Waals surface area contributed by atoms with Crippen molar-refractivity contribution in [2.45, 2.75) is 136 Å². The van der Waals surface area contributed by atoms with Gasteiger partial charge in [0.1, 0.15) is 0 Å². The van der Waals surface area contributed by atoms with E-state index >= 15 is 0 Å². The molecule has 25 heavy (non-hydrogen) atoms. The van der Waals surface area contributed by atoms with Gasteiger partial charge in [-0.15, -0.1) is 0 Å². The minimum absolute atomic E-state index is 0.897. The van der Waals surface area contributed by atoms with E-state index in [1.165, 1.54) is 109 Å². The van der Waals surface area contributed by atoms with Crippen LogP contribution in [0, 0.1) is 25.2 Å². The highest BCUT2D eigenvalue weighted by atomic mass is 14.1. The lowest BCUT2D eigenvalue weighted by Gasteiger charge is -2.13. The number of rotatable bonds is 20. The Morgan fingerprint density at radius 1 is 0.640 bits per heavy atom. The summed E-state index contributed by atoms with van der Waals surface area (Å²) in [6.45, 7) is 11.1. The summed E-state index contributed by atoms with van der Waals surface area (Å²) in [6.07, 6.45) is 27.7. The quantitative estimate of drug-likeness (QED) is 0.192. The van der Waals surface area contributed by atoms with Gasteiger partial charge < -0.3 is 0 Å². The Hall–Kier alpha value is 0. The fourth-order valence-corrected chi connectivity index (χ4v) is 3.75. The molecule has 0 fully saturated rings. The molecule has 0 aliphatic carbocycles. The zero-order valence-electron chi connectivity index (χ0n) is 18.2. The zero-order valence-corrected chi connectivity index (χ0v) is 18.2. The van der Waals surface area contributed by atoms with E-state index in [9.17, 15) is 0 Å². The van der Waals surface area contributed by atoms with Crippen LogP contribution in [-0.4, -0.2) is 0 Å². The molecule has 0 saturated carbocycles. The minimum Gasteiger partial charge on any atom is -0.0654 e. The van der Waals surface area contributed by atoms with Crippen molar-refractivity contribution in [3.63, 3.8) is 0 Å². The normalized spacial score (nSPS) is 13.9. The molecule has 0 aromatic carbocycles. The topological polar surface area (TPSA) is 0 Å². The molecule has 2 radical (unpaired) electrons. The van der Waals surface area contributed by atoms with Gasteiger partial charge in [0.2, 0.25) is 0 Å². The second-order valence-electron chi connectivity index (χ2n) is 8.63. The number of hydrogen-bond donors (Lipinski definition) is 0. The van der Waals surface area contributed by atoms with Gasteiger partial charge in [0.25, 0.3) is 0 Å². The Labute approximate surface area is 161 Å². The molecule has 0 spiro atoms. The molecule has 150 valence electrons. The van der Waals surface area contributed by atoms with Crippen LogP contribution in [0.5, 0.6) is 0 Å². The number of hydrogen-bond acceptors (Lipinski definition) is 0. The van der Waals surface area contributed by atoms with Crippen molar-refractivity contribution >= 4 is 0 Å². The third-order valence-corrected chi connectivity index (χ3v) is 5.67. The first-order valence-corrected chi connectivity index (χ1v) is 11.8. The van der Waals surface area contributed by atoms with Crippen LogP contribution in [0.2, 0.25) is 0 Å². The van der Waals surface area contributed by atoms with Crippen LogP contribution >= 0.6 is 0 Å². The molecule has 0 saturated heterocycles. The van der Waals surface area contributed by atoms with Crippen molar-refractivity contribution in [3.05, 3.63) is 13.3 Å². The summed E-state index contributed by atoms with van der Waals surface area (Å²) < 4.78 is 0. The lowest BCUT2D eigenvalue weighted by molar-refractivity contribution is 0.434. The molecule has 0 bridgehead atoms. The molecule has 0 aromatic heterocycles. The fourth-order valence-electron chi connectivity index (χ4n) is 3.75. The molecule has 0 heterocycles. The Morgan fingerprint density at radius 3 is 1.80 bits per heavy atom. The highest BCUT2D eigenvalue weighted by molar-refractivity contribution is 4.70. The molecule has 0 rings (SSSR count). The Kier molecular flexibility index (Phi) is 20.3. The SMILES string of the molecule is [CH2]CCCCCCCC(C)C[CH]CCCC(C)CCCCCCCC. The molecule has 0 nitrogen and oxygen atoms in total. The van der Waals surface area contributed by atoms with Crippen molar-refractivity contribution in [2.24, 2.45) is 11.8 Å². The maximum absolute atomic E-state index is 3.92. The van der Waals surface area contributed by atoms with E-state index in [2.05, 4.69) is 34.1 Å². The van der Waals surface area contributed by atoms with E-state index in [1.54, 1.807) is 0 Å². The molecular weight excluding hydrogens is 300 g/mol. The van der Waals surface area contributed by atoms with Crippen LogP contribution in [0.25, 0.3) is 0 Å². The lowest BCUT2D eigenvalue weighted by atomic mass is 9.93. The van der Waals surface area contributed by atoms with Gasteiger partial charge in [-0.2, -0.15) is 0 Å². The first kappa shape index (κ1) is 25.0. The summed E-state index contributed by atoms with van der Waals surface area (Å²) in [5.74, 6) is 1.84. The van der Waals surface area contributed by atoms with Gasteiger partial charge in [-0.25, -0.2) is 0 Å². The van der Waals surface area contributed by atoms with Crippen molar-refractivity contribution < 1.29 is 0 Å². The summed E-state index contributed by atoms with van der Waals surface area (Å²) in [5, 5.41) is 0. The lowest BCUT2D eigenvalue weighted by Crippen LogP contribution is -1.98. The van der Waals surface area contributed by atoms with Gasteiger partial charge in [-0.1, -0.05) is 137 Å². The second-order valence-corrected chi connectivity index (χ2v) is 8.63. The Balaban J connectivity index is 3.27. The standard InChI is InChI=1S/C25H50/c1-5-7-9-11-13-16-20-24(3)22-18-15-19-23-25(4)21-17-14-12-10-8-6-2/h18,24-25H,1,5-17,19-23H2,2-4H3. The van der Waals surface area contributed by atoms with Crippen molar-refractivity contribution in [2.75, 3.05) is 0 Å². The molecule has 0 heteroatoms. The van der Waals surface area contributed by atoms with Crippen molar-refractivity contribution in [1.29, 1.82) is 0 Å². The van der Waals surface area contributed by atoms with Gasteiger partial charge >= 0.3 is 0 Å². The first-order valence-electron chi connectivity index (χ1n) is 11.8. The Bertz CT molecular complexity index is 208. The van der Waals surface area contributed by atoms with Crippen LogP contribution in [0.4, 0.5) is 0 Å². The van der Waals surface area contributed by atoms with E-state index in [4.69, 9.17) is 0 Å². The predicted octanol–water partition coefficient (Wildman–Crippen LogP) is 9.34. The molecule has 0 aromatic rings. The van der Waals surface area contributed by atoms with Gasteiger partial charge in [0.15, 0.2) is 0 Å². The van der Waals surface area contributed by atoms with Gasteiger partial charge in [0.05, 0.1) is 0 Å². The summed E-state index contributed by atoms with van der Waals surface area (Å²) in [4.78, 5) is 0. The summed E-state index contributed by atoms with van der Waals surface area (Å²) in [7, 11) is 0. The predicted molar refractivity (Wildman–Crippen MR) is 117 cm³/mol.